The van der Waals surface area contributed by atoms with Crippen LogP contribution in [0.5, 0.6) is 0 Å². The van der Waals surface area contributed by atoms with Gasteiger partial charge in [0.15, 0.2) is 0 Å². The molecule has 2 nitrogen and oxygen atoms in total. The minimum atomic E-state index is 0.105. The highest BCUT2D eigenvalue weighted by atomic mass is 16.3. The molecule has 0 aliphatic carbocycles. The van der Waals surface area contributed by atoms with Gasteiger partial charge in [0, 0.05) is 19.3 Å². The van der Waals surface area contributed by atoms with Crippen LogP contribution in [0.3, 0.4) is 0 Å². The molecule has 0 aromatic heterocycles. The zero-order chi connectivity index (χ0) is 13.0. The standard InChI is InChI=1S/C16H19NO/c1-13-5-3-4-6-16(13)17(2)11-14-7-9-15(12-18)10-8-14/h3-10,18H,11-12H2,1-2H3. The molecule has 0 aliphatic rings. The summed E-state index contributed by atoms with van der Waals surface area (Å²) < 4.78 is 0. The normalized spacial score (nSPS) is 10.4. The van der Waals surface area contributed by atoms with Crippen molar-refractivity contribution in [1.29, 1.82) is 0 Å². The molecular formula is C16H19NO. The summed E-state index contributed by atoms with van der Waals surface area (Å²) in [6.07, 6.45) is 0. The van der Waals surface area contributed by atoms with Crippen LogP contribution in [0, 0.1) is 6.92 Å². The summed E-state index contributed by atoms with van der Waals surface area (Å²) in [7, 11) is 2.10. The highest BCUT2D eigenvalue weighted by Crippen LogP contribution is 2.20. The van der Waals surface area contributed by atoms with Crippen molar-refractivity contribution in [2.45, 2.75) is 20.1 Å². The fourth-order valence-corrected chi connectivity index (χ4v) is 2.10. The molecule has 0 aliphatic heterocycles. The van der Waals surface area contributed by atoms with Gasteiger partial charge in [-0.1, -0.05) is 42.5 Å². The molecule has 2 heteroatoms. The largest absolute Gasteiger partial charge is 0.392 e. The number of rotatable bonds is 4. The maximum Gasteiger partial charge on any atom is 0.0681 e. The monoisotopic (exact) mass is 241 g/mol. The predicted octanol–water partition coefficient (Wildman–Crippen LogP) is 3.12. The van der Waals surface area contributed by atoms with Crippen LogP contribution in [0.15, 0.2) is 48.5 Å². The second-order valence-corrected chi connectivity index (χ2v) is 4.62. The van der Waals surface area contributed by atoms with Crippen LogP contribution in [0.2, 0.25) is 0 Å². The van der Waals surface area contributed by atoms with Crippen molar-refractivity contribution in [3.63, 3.8) is 0 Å². The van der Waals surface area contributed by atoms with E-state index in [1.807, 2.05) is 12.1 Å². The van der Waals surface area contributed by atoms with E-state index in [0.29, 0.717) is 0 Å². The van der Waals surface area contributed by atoms with Crippen LogP contribution in [0.1, 0.15) is 16.7 Å². The van der Waals surface area contributed by atoms with Crippen LogP contribution in [-0.4, -0.2) is 12.2 Å². The predicted molar refractivity (Wildman–Crippen MR) is 75.7 cm³/mol. The average molecular weight is 241 g/mol. The van der Waals surface area contributed by atoms with Crippen molar-refractivity contribution in [2.24, 2.45) is 0 Å². The Hall–Kier alpha value is -1.80. The Morgan fingerprint density at radius 2 is 1.56 bits per heavy atom. The molecule has 0 spiro atoms. The average Bonchev–Trinajstić information content (AvgIpc) is 2.40. The Kier molecular flexibility index (Phi) is 4.00. The maximum absolute atomic E-state index is 9.01. The van der Waals surface area contributed by atoms with Crippen LogP contribution in [0.25, 0.3) is 0 Å². The number of aliphatic hydroxyl groups excluding tert-OH is 1. The zero-order valence-electron chi connectivity index (χ0n) is 10.9. The number of aliphatic hydroxyl groups is 1. The Morgan fingerprint density at radius 1 is 0.944 bits per heavy atom. The van der Waals surface area contributed by atoms with Crippen LogP contribution in [0.4, 0.5) is 5.69 Å². The van der Waals surface area contributed by atoms with Crippen molar-refractivity contribution in [1.82, 2.24) is 0 Å². The number of nitrogens with zero attached hydrogens (tertiary/aromatic N) is 1. The van der Waals surface area contributed by atoms with Crippen molar-refractivity contribution in [3.05, 3.63) is 65.2 Å². The molecule has 0 atom stereocenters. The lowest BCUT2D eigenvalue weighted by Crippen LogP contribution is -2.17. The molecular weight excluding hydrogens is 222 g/mol. The van der Waals surface area contributed by atoms with Crippen LogP contribution in [-0.2, 0) is 13.2 Å². The molecule has 0 bridgehead atoms. The topological polar surface area (TPSA) is 23.5 Å². The number of hydrogen-bond acceptors (Lipinski definition) is 2. The molecule has 0 fully saturated rings. The summed E-state index contributed by atoms with van der Waals surface area (Å²) >= 11 is 0. The molecule has 2 aromatic carbocycles. The van der Waals surface area contributed by atoms with Crippen molar-refractivity contribution in [3.8, 4) is 0 Å². The SMILES string of the molecule is Cc1ccccc1N(C)Cc1ccc(CO)cc1. The fraction of sp³-hybridized carbons (Fsp3) is 0.250. The van der Waals surface area contributed by atoms with Gasteiger partial charge in [-0.15, -0.1) is 0 Å². The molecule has 1 N–H and O–H groups in total. The van der Waals surface area contributed by atoms with Gasteiger partial charge in [-0.25, -0.2) is 0 Å². The van der Waals surface area contributed by atoms with E-state index in [4.69, 9.17) is 5.11 Å². The van der Waals surface area contributed by atoms with E-state index in [1.54, 1.807) is 0 Å². The van der Waals surface area contributed by atoms with Crippen LogP contribution < -0.4 is 4.90 Å². The van der Waals surface area contributed by atoms with E-state index in [1.165, 1.54) is 16.8 Å². The van der Waals surface area contributed by atoms with Gasteiger partial charge in [0.05, 0.1) is 6.61 Å². The molecule has 0 heterocycles. The van der Waals surface area contributed by atoms with Crippen molar-refractivity contribution >= 4 is 5.69 Å². The summed E-state index contributed by atoms with van der Waals surface area (Å²) in [6.45, 7) is 3.10. The highest BCUT2D eigenvalue weighted by molar-refractivity contribution is 5.52. The lowest BCUT2D eigenvalue weighted by atomic mass is 10.1. The van der Waals surface area contributed by atoms with Gasteiger partial charge in [-0.2, -0.15) is 0 Å². The van der Waals surface area contributed by atoms with Crippen LogP contribution >= 0.6 is 0 Å². The first-order valence-corrected chi connectivity index (χ1v) is 6.16. The van der Waals surface area contributed by atoms with E-state index in [2.05, 4.69) is 55.3 Å². The Morgan fingerprint density at radius 3 is 2.17 bits per heavy atom. The van der Waals surface area contributed by atoms with E-state index in [9.17, 15) is 0 Å². The smallest absolute Gasteiger partial charge is 0.0681 e. The summed E-state index contributed by atoms with van der Waals surface area (Å²) in [5.74, 6) is 0. The molecule has 0 unspecified atom stereocenters. The van der Waals surface area contributed by atoms with Gasteiger partial charge in [0.25, 0.3) is 0 Å². The molecule has 0 radical (unpaired) electrons. The second kappa shape index (κ2) is 5.69. The van der Waals surface area contributed by atoms with Crippen molar-refractivity contribution < 1.29 is 5.11 Å². The molecule has 0 saturated carbocycles. The van der Waals surface area contributed by atoms with Gasteiger partial charge >= 0.3 is 0 Å². The number of para-hydroxylation sites is 1. The summed E-state index contributed by atoms with van der Waals surface area (Å²) in [6, 6.07) is 16.5. The highest BCUT2D eigenvalue weighted by Gasteiger charge is 2.04. The molecule has 0 saturated heterocycles. The van der Waals surface area contributed by atoms with Gasteiger partial charge in [-0.05, 0) is 29.7 Å². The third-order valence-corrected chi connectivity index (χ3v) is 3.15. The van der Waals surface area contributed by atoms with Gasteiger partial charge in [0.1, 0.15) is 0 Å². The van der Waals surface area contributed by atoms with Gasteiger partial charge in [-0.3, -0.25) is 0 Å². The van der Waals surface area contributed by atoms with E-state index >= 15 is 0 Å². The first kappa shape index (κ1) is 12.7. The first-order valence-electron chi connectivity index (χ1n) is 6.16. The number of aryl methyl sites for hydroxylation is 1. The lowest BCUT2D eigenvalue weighted by Gasteiger charge is -2.21. The Bertz CT molecular complexity index is 505. The summed E-state index contributed by atoms with van der Waals surface area (Å²) in [5.41, 5.74) is 4.74. The summed E-state index contributed by atoms with van der Waals surface area (Å²) in [5, 5.41) is 9.01. The van der Waals surface area contributed by atoms with E-state index in [0.717, 1.165) is 12.1 Å². The Labute approximate surface area is 109 Å². The summed E-state index contributed by atoms with van der Waals surface area (Å²) in [4.78, 5) is 2.24. The van der Waals surface area contributed by atoms with E-state index in [-0.39, 0.29) is 6.61 Å². The maximum atomic E-state index is 9.01. The molecule has 18 heavy (non-hydrogen) atoms. The third-order valence-electron chi connectivity index (χ3n) is 3.15. The second-order valence-electron chi connectivity index (χ2n) is 4.62. The third kappa shape index (κ3) is 2.90. The first-order chi connectivity index (χ1) is 8.70. The zero-order valence-corrected chi connectivity index (χ0v) is 10.9. The van der Waals surface area contributed by atoms with Gasteiger partial charge < -0.3 is 10.0 Å². The molecule has 2 rings (SSSR count). The number of anilines is 1. The number of benzene rings is 2. The molecule has 2 aromatic rings. The Balaban J connectivity index is 2.11. The minimum absolute atomic E-state index is 0.105. The molecule has 0 amide bonds. The van der Waals surface area contributed by atoms with Crippen molar-refractivity contribution in [2.75, 3.05) is 11.9 Å². The van der Waals surface area contributed by atoms with Gasteiger partial charge in [0.2, 0.25) is 0 Å². The van der Waals surface area contributed by atoms with E-state index < -0.39 is 0 Å². The fourth-order valence-electron chi connectivity index (χ4n) is 2.10. The minimum Gasteiger partial charge on any atom is -0.392 e. The quantitative estimate of drug-likeness (QED) is 0.889. The lowest BCUT2D eigenvalue weighted by molar-refractivity contribution is 0.282. The molecule has 94 valence electrons. The number of hydrogen-bond donors (Lipinski definition) is 1.